The SMILES string of the molecule is O=C1N=c2c(ccc3c2=Cc2ccccc2-3)C=C1O. The molecule has 1 aliphatic heterocycles. The predicted octanol–water partition coefficient (Wildman–Crippen LogP) is 1.55. The number of carbonyl (C=O) groups excluding carboxylic acids is 1. The lowest BCUT2D eigenvalue weighted by molar-refractivity contribution is -0.116. The molecule has 2 aromatic rings. The summed E-state index contributed by atoms with van der Waals surface area (Å²) in [5, 5.41) is 11.1. The molecule has 0 spiro atoms. The minimum atomic E-state index is -0.578. The van der Waals surface area contributed by atoms with Crippen LogP contribution in [-0.4, -0.2) is 11.0 Å². The highest BCUT2D eigenvalue weighted by atomic mass is 16.3. The van der Waals surface area contributed by atoms with Gasteiger partial charge in [-0.15, -0.1) is 0 Å². The second kappa shape index (κ2) is 3.42. The topological polar surface area (TPSA) is 49.7 Å². The Labute approximate surface area is 108 Å². The first-order valence-corrected chi connectivity index (χ1v) is 6.02. The summed E-state index contributed by atoms with van der Waals surface area (Å²) < 4.78 is 0. The largest absolute Gasteiger partial charge is 0.503 e. The molecule has 1 N–H and O–H groups in total. The molecule has 0 atom stereocenters. The number of amides is 1. The van der Waals surface area contributed by atoms with Crippen molar-refractivity contribution in [3.63, 3.8) is 0 Å². The van der Waals surface area contributed by atoms with Crippen LogP contribution in [0.4, 0.5) is 0 Å². The van der Waals surface area contributed by atoms with E-state index >= 15 is 0 Å². The number of aliphatic hydroxyl groups is 1. The molecule has 4 rings (SSSR count). The zero-order chi connectivity index (χ0) is 13.0. The van der Waals surface area contributed by atoms with Gasteiger partial charge >= 0.3 is 5.91 Å². The van der Waals surface area contributed by atoms with Crippen molar-refractivity contribution in [1.82, 2.24) is 0 Å². The number of rotatable bonds is 0. The first kappa shape index (κ1) is 10.3. The van der Waals surface area contributed by atoms with Gasteiger partial charge in [-0.05, 0) is 28.8 Å². The van der Waals surface area contributed by atoms with Crippen molar-refractivity contribution in [3.8, 4) is 11.1 Å². The summed E-state index contributed by atoms with van der Waals surface area (Å²) in [5.74, 6) is -0.881. The fourth-order valence-corrected chi connectivity index (χ4v) is 2.64. The van der Waals surface area contributed by atoms with Crippen LogP contribution in [0.5, 0.6) is 0 Å². The molecule has 3 nitrogen and oxygen atoms in total. The minimum absolute atomic E-state index is 0.303. The molecule has 1 aliphatic carbocycles. The molecule has 0 saturated heterocycles. The van der Waals surface area contributed by atoms with E-state index in [1.807, 2.05) is 36.4 Å². The van der Waals surface area contributed by atoms with Gasteiger partial charge in [0.25, 0.3) is 0 Å². The van der Waals surface area contributed by atoms with Crippen LogP contribution in [0.25, 0.3) is 23.3 Å². The van der Waals surface area contributed by atoms with E-state index < -0.39 is 5.91 Å². The standard InChI is InChI=1S/C16H9NO2/c18-14-8-10-5-6-12-11-4-2-1-3-9(11)7-13(12)15(10)17-16(14)19/h1-8,18H. The first-order valence-electron chi connectivity index (χ1n) is 6.02. The first-order chi connectivity index (χ1) is 9.24. The Hall–Kier alpha value is -2.68. The van der Waals surface area contributed by atoms with Gasteiger partial charge in [-0.3, -0.25) is 4.79 Å². The summed E-state index contributed by atoms with van der Waals surface area (Å²) in [6.45, 7) is 0. The van der Waals surface area contributed by atoms with Crippen molar-refractivity contribution in [2.24, 2.45) is 4.99 Å². The third kappa shape index (κ3) is 1.32. The van der Waals surface area contributed by atoms with Crippen LogP contribution in [0.3, 0.4) is 0 Å². The van der Waals surface area contributed by atoms with Crippen LogP contribution in [0.15, 0.2) is 47.1 Å². The monoisotopic (exact) mass is 247 g/mol. The molecular weight excluding hydrogens is 238 g/mol. The second-order valence-electron chi connectivity index (χ2n) is 4.64. The summed E-state index contributed by atoms with van der Waals surface area (Å²) in [5.41, 5.74) is 4.15. The minimum Gasteiger partial charge on any atom is -0.503 e. The molecule has 1 amide bonds. The third-order valence-electron chi connectivity index (χ3n) is 3.52. The Morgan fingerprint density at radius 1 is 0.895 bits per heavy atom. The summed E-state index contributed by atoms with van der Waals surface area (Å²) >= 11 is 0. The van der Waals surface area contributed by atoms with Gasteiger partial charge in [0.05, 0.1) is 5.36 Å². The Kier molecular flexibility index (Phi) is 1.85. The van der Waals surface area contributed by atoms with Crippen LogP contribution < -0.4 is 10.6 Å². The molecule has 0 fully saturated rings. The van der Waals surface area contributed by atoms with Crippen molar-refractivity contribution >= 4 is 18.1 Å². The predicted molar refractivity (Wildman–Crippen MR) is 71.8 cm³/mol. The van der Waals surface area contributed by atoms with Crippen LogP contribution in [-0.2, 0) is 4.79 Å². The van der Waals surface area contributed by atoms with Gasteiger partial charge < -0.3 is 5.11 Å². The number of aliphatic hydroxyl groups excluding tert-OH is 1. The van der Waals surface area contributed by atoms with Crippen LogP contribution in [0.1, 0.15) is 11.1 Å². The Balaban J connectivity index is 2.14. The summed E-state index contributed by atoms with van der Waals surface area (Å²) in [7, 11) is 0. The Bertz CT molecular complexity index is 891. The summed E-state index contributed by atoms with van der Waals surface area (Å²) in [4.78, 5) is 15.5. The molecule has 1 heterocycles. The average molecular weight is 247 g/mol. The van der Waals surface area contributed by atoms with E-state index in [0.29, 0.717) is 5.36 Å². The molecule has 0 radical (unpaired) electrons. The lowest BCUT2D eigenvalue weighted by Crippen LogP contribution is -2.31. The number of hydrogen-bond donors (Lipinski definition) is 1. The van der Waals surface area contributed by atoms with Crippen LogP contribution in [0, 0.1) is 0 Å². The van der Waals surface area contributed by atoms with E-state index in [0.717, 1.165) is 27.5 Å². The second-order valence-corrected chi connectivity index (χ2v) is 4.64. The van der Waals surface area contributed by atoms with Crippen LogP contribution in [0.2, 0.25) is 0 Å². The van der Waals surface area contributed by atoms with Gasteiger partial charge in [-0.25, -0.2) is 4.99 Å². The number of fused-ring (bicyclic) bond motifs is 5. The van der Waals surface area contributed by atoms with Crippen molar-refractivity contribution < 1.29 is 9.90 Å². The van der Waals surface area contributed by atoms with E-state index in [9.17, 15) is 9.90 Å². The van der Waals surface area contributed by atoms with Crippen molar-refractivity contribution in [2.45, 2.75) is 0 Å². The molecule has 0 bridgehead atoms. The van der Waals surface area contributed by atoms with E-state index in [1.165, 1.54) is 6.08 Å². The van der Waals surface area contributed by atoms with Gasteiger partial charge in [0.1, 0.15) is 0 Å². The lowest BCUT2D eigenvalue weighted by atomic mass is 10.0. The Morgan fingerprint density at radius 2 is 1.74 bits per heavy atom. The van der Waals surface area contributed by atoms with Gasteiger partial charge in [0.15, 0.2) is 5.76 Å². The number of nitrogens with zero attached hydrogens (tertiary/aromatic N) is 1. The summed E-state index contributed by atoms with van der Waals surface area (Å²) in [6, 6.07) is 12.0. The quantitative estimate of drug-likeness (QED) is 0.655. The maximum atomic E-state index is 11.5. The third-order valence-corrected chi connectivity index (χ3v) is 3.52. The summed E-state index contributed by atoms with van der Waals surface area (Å²) in [6.07, 6.45) is 3.51. The lowest BCUT2D eigenvalue weighted by Gasteiger charge is -2.06. The van der Waals surface area contributed by atoms with Gasteiger partial charge in [-0.2, -0.15) is 0 Å². The molecular formula is C16H9NO2. The molecule has 0 unspecified atom stereocenters. The van der Waals surface area contributed by atoms with E-state index in [4.69, 9.17) is 0 Å². The fraction of sp³-hybridized carbons (Fsp3) is 0. The fourth-order valence-electron chi connectivity index (χ4n) is 2.64. The zero-order valence-electron chi connectivity index (χ0n) is 9.92. The maximum Gasteiger partial charge on any atom is 0.312 e. The molecule has 19 heavy (non-hydrogen) atoms. The molecule has 2 aromatic carbocycles. The zero-order valence-corrected chi connectivity index (χ0v) is 9.92. The van der Waals surface area contributed by atoms with E-state index in [2.05, 4.69) is 11.1 Å². The van der Waals surface area contributed by atoms with Crippen LogP contribution >= 0.6 is 0 Å². The van der Waals surface area contributed by atoms with E-state index in [1.54, 1.807) is 0 Å². The molecule has 0 aromatic heterocycles. The smallest absolute Gasteiger partial charge is 0.312 e. The van der Waals surface area contributed by atoms with E-state index in [-0.39, 0.29) is 5.76 Å². The molecule has 0 saturated carbocycles. The number of hydrogen-bond acceptors (Lipinski definition) is 2. The molecule has 90 valence electrons. The number of carbonyl (C=O) groups is 1. The normalized spacial score (nSPS) is 14.7. The number of benzene rings is 2. The van der Waals surface area contributed by atoms with Crippen molar-refractivity contribution in [3.05, 3.63) is 63.9 Å². The highest BCUT2D eigenvalue weighted by molar-refractivity contribution is 5.98. The van der Waals surface area contributed by atoms with Gasteiger partial charge in [0, 0.05) is 10.8 Å². The highest BCUT2D eigenvalue weighted by Crippen LogP contribution is 2.25. The maximum absolute atomic E-state index is 11.5. The molecule has 2 aliphatic rings. The van der Waals surface area contributed by atoms with Crippen molar-refractivity contribution in [1.29, 1.82) is 0 Å². The van der Waals surface area contributed by atoms with Crippen molar-refractivity contribution in [2.75, 3.05) is 0 Å². The molecule has 3 heteroatoms. The average Bonchev–Trinajstić information content (AvgIpc) is 2.79. The van der Waals surface area contributed by atoms with Gasteiger partial charge in [0.2, 0.25) is 0 Å². The van der Waals surface area contributed by atoms with Gasteiger partial charge in [-0.1, -0.05) is 36.4 Å². The highest BCUT2D eigenvalue weighted by Gasteiger charge is 2.18. The Morgan fingerprint density at radius 3 is 2.63 bits per heavy atom.